The van der Waals surface area contributed by atoms with Crippen LogP contribution in [-0.2, 0) is 24.3 Å². The van der Waals surface area contributed by atoms with Crippen molar-refractivity contribution in [2.45, 2.75) is 52.2 Å². The predicted octanol–water partition coefficient (Wildman–Crippen LogP) is 3.94. The van der Waals surface area contributed by atoms with Crippen molar-refractivity contribution < 1.29 is 4.84 Å². The highest BCUT2D eigenvalue weighted by atomic mass is 16.7. The maximum absolute atomic E-state index is 6.30. The lowest BCUT2D eigenvalue weighted by Gasteiger charge is -2.19. The number of nitrogens with two attached hydrogens (primary N) is 1. The van der Waals surface area contributed by atoms with Gasteiger partial charge in [-0.15, -0.1) is 0 Å². The van der Waals surface area contributed by atoms with Gasteiger partial charge in [-0.1, -0.05) is 56.3 Å². The number of hydrogen-bond acceptors (Lipinski definition) is 3. The Bertz CT molecular complexity index is 671. The maximum atomic E-state index is 6.30. The number of aryl methyl sites for hydroxylation is 1. The van der Waals surface area contributed by atoms with Crippen molar-refractivity contribution in [2.24, 2.45) is 5.73 Å². The molecule has 0 saturated heterocycles. The normalized spacial score (nSPS) is 15.7. The van der Waals surface area contributed by atoms with E-state index in [-0.39, 0.29) is 6.04 Å². The van der Waals surface area contributed by atoms with Gasteiger partial charge in [0, 0.05) is 19.1 Å². The minimum absolute atomic E-state index is 0.0114. The van der Waals surface area contributed by atoms with Gasteiger partial charge in [-0.25, -0.2) is 0 Å². The van der Waals surface area contributed by atoms with E-state index in [1.165, 1.54) is 27.8 Å². The van der Waals surface area contributed by atoms with Gasteiger partial charge in [0.2, 0.25) is 0 Å². The molecule has 0 aromatic heterocycles. The third-order valence-corrected chi connectivity index (χ3v) is 4.80. The molecule has 0 aliphatic carbocycles. The number of hydroxylamine groups is 2. The van der Waals surface area contributed by atoms with Gasteiger partial charge < -0.3 is 5.73 Å². The zero-order chi connectivity index (χ0) is 17.1. The van der Waals surface area contributed by atoms with E-state index < -0.39 is 0 Å². The van der Waals surface area contributed by atoms with E-state index in [1.807, 2.05) is 5.06 Å². The van der Waals surface area contributed by atoms with Crippen LogP contribution in [0.4, 0.5) is 0 Å². The molecule has 0 bridgehead atoms. The monoisotopic (exact) mass is 324 g/mol. The molecule has 0 amide bonds. The summed E-state index contributed by atoms with van der Waals surface area (Å²) >= 11 is 0. The second kappa shape index (κ2) is 7.47. The second-order valence-electron chi connectivity index (χ2n) is 7.17. The highest BCUT2D eigenvalue weighted by Gasteiger charge is 2.19. The summed E-state index contributed by atoms with van der Waals surface area (Å²) in [6, 6.07) is 15.2. The minimum Gasteiger partial charge on any atom is -0.325 e. The van der Waals surface area contributed by atoms with Crippen LogP contribution in [0.15, 0.2) is 42.5 Å². The SMILES string of the molecule is Cc1cc(C(C)C)ccc1CC(N)CON1Cc2ccccc2C1. The molecular formula is C21H28N2O. The van der Waals surface area contributed by atoms with Crippen LogP contribution < -0.4 is 5.73 Å². The first-order valence-electron chi connectivity index (χ1n) is 8.82. The van der Waals surface area contributed by atoms with Crippen molar-refractivity contribution in [1.29, 1.82) is 0 Å². The largest absolute Gasteiger partial charge is 0.325 e. The van der Waals surface area contributed by atoms with Gasteiger partial charge in [0.05, 0.1) is 6.61 Å². The first kappa shape index (κ1) is 17.2. The summed E-state index contributed by atoms with van der Waals surface area (Å²) in [4.78, 5) is 5.93. The Labute approximate surface area is 145 Å². The molecule has 1 heterocycles. The number of nitrogens with zero attached hydrogens (tertiary/aromatic N) is 1. The van der Waals surface area contributed by atoms with Crippen LogP contribution in [0.1, 0.15) is 47.6 Å². The van der Waals surface area contributed by atoms with Gasteiger partial charge in [-0.05, 0) is 47.1 Å². The Morgan fingerprint density at radius 2 is 1.75 bits per heavy atom. The van der Waals surface area contributed by atoms with E-state index in [4.69, 9.17) is 10.6 Å². The van der Waals surface area contributed by atoms with Crippen LogP contribution in [0.5, 0.6) is 0 Å². The average Bonchev–Trinajstić information content (AvgIpc) is 2.97. The first-order valence-corrected chi connectivity index (χ1v) is 8.82. The van der Waals surface area contributed by atoms with Gasteiger partial charge in [-0.2, -0.15) is 5.06 Å². The van der Waals surface area contributed by atoms with E-state index in [0.717, 1.165) is 19.5 Å². The number of rotatable bonds is 6. The van der Waals surface area contributed by atoms with E-state index in [2.05, 4.69) is 63.2 Å². The van der Waals surface area contributed by atoms with E-state index in [1.54, 1.807) is 0 Å². The molecule has 0 spiro atoms. The summed E-state index contributed by atoms with van der Waals surface area (Å²) in [7, 11) is 0. The third-order valence-electron chi connectivity index (χ3n) is 4.80. The van der Waals surface area contributed by atoms with Gasteiger partial charge in [-0.3, -0.25) is 4.84 Å². The molecule has 1 aliphatic rings. The van der Waals surface area contributed by atoms with Crippen LogP contribution in [0.2, 0.25) is 0 Å². The highest BCUT2D eigenvalue weighted by Crippen LogP contribution is 2.23. The summed E-state index contributed by atoms with van der Waals surface area (Å²) in [6.45, 7) is 8.88. The minimum atomic E-state index is 0.0114. The third kappa shape index (κ3) is 4.04. The van der Waals surface area contributed by atoms with Crippen molar-refractivity contribution in [1.82, 2.24) is 5.06 Å². The summed E-state index contributed by atoms with van der Waals surface area (Å²) in [5.74, 6) is 0.562. The van der Waals surface area contributed by atoms with Crippen LogP contribution in [0.25, 0.3) is 0 Å². The van der Waals surface area contributed by atoms with E-state index in [9.17, 15) is 0 Å². The zero-order valence-electron chi connectivity index (χ0n) is 15.0. The Kier molecular flexibility index (Phi) is 5.34. The van der Waals surface area contributed by atoms with Gasteiger partial charge in [0.25, 0.3) is 0 Å². The van der Waals surface area contributed by atoms with Crippen LogP contribution >= 0.6 is 0 Å². The van der Waals surface area contributed by atoms with Crippen molar-refractivity contribution in [3.05, 3.63) is 70.3 Å². The smallest absolute Gasteiger partial charge is 0.0839 e. The summed E-state index contributed by atoms with van der Waals surface area (Å²) < 4.78 is 0. The van der Waals surface area contributed by atoms with Crippen LogP contribution in [-0.4, -0.2) is 17.7 Å². The standard InChI is InChI=1S/C21H28N2O/c1-15(2)17-8-9-18(16(3)10-17)11-21(22)14-24-23-12-19-6-4-5-7-20(19)13-23/h4-10,15,21H,11-14,22H2,1-3H3. The second-order valence-corrected chi connectivity index (χ2v) is 7.17. The molecule has 1 atom stereocenters. The van der Waals surface area contributed by atoms with Crippen molar-refractivity contribution in [3.8, 4) is 0 Å². The number of hydrogen-bond donors (Lipinski definition) is 1. The molecule has 0 radical (unpaired) electrons. The summed E-state index contributed by atoms with van der Waals surface area (Å²) in [5.41, 5.74) is 13.0. The molecule has 2 aromatic carbocycles. The molecule has 2 N–H and O–H groups in total. The quantitative estimate of drug-likeness (QED) is 0.875. The molecule has 3 rings (SSSR count). The van der Waals surface area contributed by atoms with Crippen LogP contribution in [0.3, 0.4) is 0 Å². The molecule has 24 heavy (non-hydrogen) atoms. The molecule has 3 heteroatoms. The van der Waals surface area contributed by atoms with Gasteiger partial charge >= 0.3 is 0 Å². The Morgan fingerprint density at radius 1 is 1.08 bits per heavy atom. The zero-order valence-corrected chi connectivity index (χ0v) is 15.0. The van der Waals surface area contributed by atoms with E-state index >= 15 is 0 Å². The van der Waals surface area contributed by atoms with Gasteiger partial charge in [0.1, 0.15) is 0 Å². The molecule has 128 valence electrons. The fourth-order valence-electron chi connectivity index (χ4n) is 3.24. The predicted molar refractivity (Wildman–Crippen MR) is 98.6 cm³/mol. The Morgan fingerprint density at radius 3 is 2.33 bits per heavy atom. The Hall–Kier alpha value is -1.68. The fraction of sp³-hybridized carbons (Fsp3) is 0.429. The fourth-order valence-corrected chi connectivity index (χ4v) is 3.24. The molecule has 1 aliphatic heterocycles. The highest BCUT2D eigenvalue weighted by molar-refractivity contribution is 5.33. The van der Waals surface area contributed by atoms with Crippen molar-refractivity contribution in [2.75, 3.05) is 6.61 Å². The first-order chi connectivity index (χ1) is 11.5. The van der Waals surface area contributed by atoms with Gasteiger partial charge in [0.15, 0.2) is 0 Å². The average molecular weight is 324 g/mol. The number of benzene rings is 2. The van der Waals surface area contributed by atoms with Crippen molar-refractivity contribution >= 4 is 0 Å². The molecule has 3 nitrogen and oxygen atoms in total. The number of fused-ring (bicyclic) bond motifs is 1. The van der Waals surface area contributed by atoms with E-state index in [0.29, 0.717) is 12.5 Å². The maximum Gasteiger partial charge on any atom is 0.0839 e. The molecule has 0 fully saturated rings. The lowest BCUT2D eigenvalue weighted by Crippen LogP contribution is -2.32. The summed E-state index contributed by atoms with van der Waals surface area (Å²) in [6.07, 6.45) is 0.852. The lowest BCUT2D eigenvalue weighted by molar-refractivity contribution is -0.169. The van der Waals surface area contributed by atoms with Crippen molar-refractivity contribution in [3.63, 3.8) is 0 Å². The molecular weight excluding hydrogens is 296 g/mol. The summed E-state index contributed by atoms with van der Waals surface area (Å²) in [5, 5.41) is 2.01. The molecule has 1 unspecified atom stereocenters. The molecule has 2 aromatic rings. The van der Waals surface area contributed by atoms with Crippen LogP contribution in [0, 0.1) is 6.92 Å². The Balaban J connectivity index is 1.51. The lowest BCUT2D eigenvalue weighted by atomic mass is 9.95. The topological polar surface area (TPSA) is 38.5 Å². The molecule has 0 saturated carbocycles.